The van der Waals surface area contributed by atoms with Gasteiger partial charge in [-0.25, -0.2) is 4.79 Å². The molecule has 1 atom stereocenters. The molecular formula is C21H24N2O6. The number of ether oxygens (including phenoxy) is 2. The van der Waals surface area contributed by atoms with Crippen molar-refractivity contribution in [2.24, 2.45) is 0 Å². The fourth-order valence-electron chi connectivity index (χ4n) is 2.86. The number of aromatic nitrogens is 1. The molecule has 0 saturated carbocycles. The lowest BCUT2D eigenvalue weighted by Gasteiger charge is -2.13. The molecule has 1 amide bonds. The first-order valence-electron chi connectivity index (χ1n) is 9.01. The molecule has 154 valence electrons. The number of rotatable bonds is 7. The number of nitrogens with one attached hydrogen (secondary N) is 2. The van der Waals surface area contributed by atoms with E-state index in [-0.39, 0.29) is 17.8 Å². The predicted molar refractivity (Wildman–Crippen MR) is 105 cm³/mol. The first kappa shape index (κ1) is 21.9. The van der Waals surface area contributed by atoms with Crippen LogP contribution in [0, 0.1) is 20.8 Å². The predicted octanol–water partition coefficient (Wildman–Crippen LogP) is 2.27. The van der Waals surface area contributed by atoms with Crippen LogP contribution in [0.1, 0.15) is 54.9 Å². The van der Waals surface area contributed by atoms with Crippen LogP contribution in [0.15, 0.2) is 24.3 Å². The van der Waals surface area contributed by atoms with Crippen molar-refractivity contribution in [2.45, 2.75) is 33.8 Å². The van der Waals surface area contributed by atoms with Crippen LogP contribution in [0.3, 0.4) is 0 Å². The highest BCUT2D eigenvalue weighted by molar-refractivity contribution is 6.04. The van der Waals surface area contributed by atoms with E-state index in [1.165, 1.54) is 14.0 Å². The Morgan fingerprint density at radius 1 is 1.07 bits per heavy atom. The minimum atomic E-state index is -1.10. The molecule has 0 aliphatic rings. The van der Waals surface area contributed by atoms with Gasteiger partial charge >= 0.3 is 11.9 Å². The number of H-pyrrole nitrogens is 1. The number of aromatic amines is 1. The zero-order valence-electron chi connectivity index (χ0n) is 17.0. The smallest absolute Gasteiger partial charge is 0.339 e. The molecule has 29 heavy (non-hydrogen) atoms. The maximum atomic E-state index is 12.6. The molecule has 2 N–H and O–H groups in total. The first-order valence-corrected chi connectivity index (χ1v) is 9.01. The van der Waals surface area contributed by atoms with E-state index in [9.17, 15) is 19.2 Å². The Hall–Kier alpha value is -3.42. The number of benzene rings is 1. The van der Waals surface area contributed by atoms with Gasteiger partial charge < -0.3 is 19.8 Å². The molecular weight excluding hydrogens is 376 g/mol. The van der Waals surface area contributed by atoms with Gasteiger partial charge in [0.25, 0.3) is 5.91 Å². The maximum Gasteiger partial charge on any atom is 0.339 e. The first-order chi connectivity index (χ1) is 13.6. The normalized spacial score (nSPS) is 11.5. The molecule has 0 radical (unpaired) electrons. The minimum Gasteiger partial charge on any atom is -0.465 e. The van der Waals surface area contributed by atoms with E-state index in [1.54, 1.807) is 38.1 Å². The Morgan fingerprint density at radius 3 is 2.28 bits per heavy atom. The minimum absolute atomic E-state index is 0.173. The molecule has 8 nitrogen and oxygen atoms in total. The molecule has 0 bridgehead atoms. The summed E-state index contributed by atoms with van der Waals surface area (Å²) < 4.78 is 9.84. The summed E-state index contributed by atoms with van der Waals surface area (Å²) in [5, 5.41) is 2.46. The fraction of sp³-hybridized carbons (Fsp3) is 0.333. The van der Waals surface area contributed by atoms with Crippen LogP contribution < -0.4 is 5.32 Å². The Kier molecular flexibility index (Phi) is 6.93. The van der Waals surface area contributed by atoms with E-state index >= 15 is 0 Å². The highest BCUT2D eigenvalue weighted by atomic mass is 16.5. The van der Waals surface area contributed by atoms with Crippen LogP contribution in [0.2, 0.25) is 0 Å². The molecule has 0 saturated heterocycles. The Bertz CT molecular complexity index is 943. The lowest BCUT2D eigenvalue weighted by molar-refractivity contribution is -0.145. The van der Waals surface area contributed by atoms with Crippen molar-refractivity contribution >= 4 is 23.6 Å². The maximum absolute atomic E-state index is 12.6. The number of esters is 2. The molecule has 1 heterocycles. The lowest BCUT2D eigenvalue weighted by Crippen LogP contribution is -2.34. The van der Waals surface area contributed by atoms with Crippen molar-refractivity contribution in [3.8, 4) is 0 Å². The molecule has 0 aliphatic heterocycles. The van der Waals surface area contributed by atoms with Crippen LogP contribution in [-0.4, -0.2) is 48.4 Å². The third kappa shape index (κ3) is 5.10. The van der Waals surface area contributed by atoms with Gasteiger partial charge in [0.05, 0.1) is 18.4 Å². The molecule has 2 rings (SSSR count). The van der Waals surface area contributed by atoms with E-state index in [4.69, 9.17) is 9.47 Å². The average molecular weight is 400 g/mol. The van der Waals surface area contributed by atoms with Gasteiger partial charge in [-0.2, -0.15) is 0 Å². The summed E-state index contributed by atoms with van der Waals surface area (Å²) in [7, 11) is 1.25. The lowest BCUT2D eigenvalue weighted by atomic mass is 10.1. The second-order valence-electron chi connectivity index (χ2n) is 6.66. The standard InChI is InChI=1S/C21H24N2O6/c1-11-6-8-15(9-7-11)20(26)22-10-16(24)29-14(4)19(25)18-12(2)17(13(3)23-18)21(27)28-5/h6-9,14,23H,10H2,1-5H3,(H,22,26)/t14-/m0/s1. The van der Waals surface area contributed by atoms with Crippen LogP contribution in [0.5, 0.6) is 0 Å². The van der Waals surface area contributed by atoms with Gasteiger partial charge in [0.1, 0.15) is 6.54 Å². The number of amides is 1. The van der Waals surface area contributed by atoms with Gasteiger partial charge in [0.15, 0.2) is 6.10 Å². The fourth-order valence-corrected chi connectivity index (χ4v) is 2.86. The van der Waals surface area contributed by atoms with E-state index < -0.39 is 29.7 Å². The molecule has 0 aliphatic carbocycles. The summed E-state index contributed by atoms with van der Waals surface area (Å²) in [6.07, 6.45) is -1.10. The Balaban J connectivity index is 1.97. The van der Waals surface area contributed by atoms with Gasteiger partial charge in [-0.05, 0) is 45.4 Å². The summed E-state index contributed by atoms with van der Waals surface area (Å²) in [5.74, 6) is -2.21. The van der Waals surface area contributed by atoms with Gasteiger partial charge in [0.2, 0.25) is 5.78 Å². The highest BCUT2D eigenvalue weighted by Gasteiger charge is 2.27. The molecule has 0 spiro atoms. The number of carbonyl (C=O) groups excluding carboxylic acids is 4. The van der Waals surface area contributed by atoms with E-state index in [2.05, 4.69) is 10.3 Å². The van der Waals surface area contributed by atoms with Gasteiger partial charge in [-0.1, -0.05) is 17.7 Å². The summed E-state index contributed by atoms with van der Waals surface area (Å²) in [6.45, 7) is 6.21. The Labute approximate surface area is 168 Å². The number of methoxy groups -OCH3 is 1. The number of hydrogen-bond donors (Lipinski definition) is 2. The zero-order valence-corrected chi connectivity index (χ0v) is 17.0. The van der Waals surface area contributed by atoms with Crippen molar-refractivity contribution in [1.82, 2.24) is 10.3 Å². The van der Waals surface area contributed by atoms with E-state index in [0.717, 1.165) is 5.56 Å². The molecule has 8 heteroatoms. The number of hydrogen-bond acceptors (Lipinski definition) is 6. The van der Waals surface area contributed by atoms with Crippen molar-refractivity contribution < 1.29 is 28.7 Å². The molecule has 2 aromatic rings. The number of carbonyl (C=O) groups is 4. The molecule has 0 unspecified atom stereocenters. The zero-order chi connectivity index (χ0) is 21.7. The van der Waals surface area contributed by atoms with Crippen molar-refractivity contribution in [2.75, 3.05) is 13.7 Å². The molecule has 1 aromatic heterocycles. The van der Waals surface area contributed by atoms with Crippen molar-refractivity contribution in [1.29, 1.82) is 0 Å². The quantitative estimate of drug-likeness (QED) is 0.544. The van der Waals surface area contributed by atoms with Crippen LogP contribution in [0.25, 0.3) is 0 Å². The van der Waals surface area contributed by atoms with Crippen molar-refractivity contribution in [3.05, 3.63) is 57.9 Å². The second kappa shape index (κ2) is 9.18. The summed E-state index contributed by atoms with van der Waals surface area (Å²) in [6, 6.07) is 6.88. The van der Waals surface area contributed by atoms with Crippen molar-refractivity contribution in [3.63, 3.8) is 0 Å². The number of ketones is 1. The molecule has 0 fully saturated rings. The van der Waals surface area contributed by atoms with Crippen LogP contribution in [0.4, 0.5) is 0 Å². The third-order valence-electron chi connectivity index (χ3n) is 4.46. The highest BCUT2D eigenvalue weighted by Crippen LogP contribution is 2.20. The largest absolute Gasteiger partial charge is 0.465 e. The number of Topliss-reactive ketones (excluding diaryl/α,β-unsaturated/α-hetero) is 1. The number of aryl methyl sites for hydroxylation is 2. The SMILES string of the molecule is COC(=O)c1c(C)[nH]c(C(=O)[C@H](C)OC(=O)CNC(=O)c2ccc(C)cc2)c1C. The average Bonchev–Trinajstić information content (AvgIpc) is 2.99. The molecule has 1 aromatic carbocycles. The van der Waals surface area contributed by atoms with Gasteiger partial charge in [-0.15, -0.1) is 0 Å². The van der Waals surface area contributed by atoms with Crippen LogP contribution >= 0.6 is 0 Å². The monoisotopic (exact) mass is 400 g/mol. The van der Waals surface area contributed by atoms with Gasteiger partial charge in [0, 0.05) is 11.3 Å². The van der Waals surface area contributed by atoms with E-state index in [1.807, 2.05) is 6.92 Å². The topological polar surface area (TPSA) is 115 Å². The van der Waals surface area contributed by atoms with E-state index in [0.29, 0.717) is 16.8 Å². The van der Waals surface area contributed by atoms with Crippen LogP contribution in [-0.2, 0) is 14.3 Å². The summed E-state index contributed by atoms with van der Waals surface area (Å²) in [5.41, 5.74) is 2.79. The van der Waals surface area contributed by atoms with Gasteiger partial charge in [-0.3, -0.25) is 14.4 Å². The second-order valence-corrected chi connectivity index (χ2v) is 6.66. The summed E-state index contributed by atoms with van der Waals surface area (Å²) in [4.78, 5) is 51.4. The summed E-state index contributed by atoms with van der Waals surface area (Å²) >= 11 is 0. The third-order valence-corrected chi connectivity index (χ3v) is 4.46. The Morgan fingerprint density at radius 2 is 1.69 bits per heavy atom.